The Labute approximate surface area is 245 Å². The largest absolute Gasteiger partial charge is 0.487 e. The summed E-state index contributed by atoms with van der Waals surface area (Å²) in [5, 5.41) is 3.10. The van der Waals surface area contributed by atoms with Gasteiger partial charge in [0.2, 0.25) is 11.8 Å². The number of rotatable bonds is 1. The average molecular weight is 577 g/mol. The predicted octanol–water partition coefficient (Wildman–Crippen LogP) is 6.15. The molecule has 42 heavy (non-hydrogen) atoms. The third-order valence-corrected chi connectivity index (χ3v) is 9.36. The lowest BCUT2D eigenvalue weighted by Gasteiger charge is -2.41. The van der Waals surface area contributed by atoms with Crippen LogP contribution in [0, 0.1) is 5.92 Å². The highest BCUT2D eigenvalue weighted by molar-refractivity contribution is 5.99. The summed E-state index contributed by atoms with van der Waals surface area (Å²) in [6.45, 7) is 5.91. The molecule has 2 unspecified atom stereocenters. The molecule has 9 heteroatoms. The summed E-state index contributed by atoms with van der Waals surface area (Å²) in [5.74, 6) is -4.55. The van der Waals surface area contributed by atoms with E-state index in [0.29, 0.717) is 37.0 Å². The molecule has 3 N–H and O–H groups in total. The monoisotopic (exact) mass is 576 g/mol. The number of hydrogen-bond acceptors (Lipinski definition) is 5. The summed E-state index contributed by atoms with van der Waals surface area (Å²) in [5.41, 5.74) is 7.33. The molecule has 1 aliphatic carbocycles. The number of fused-ring (bicyclic) bond motifs is 7. The second-order valence-corrected chi connectivity index (χ2v) is 12.7. The molecule has 4 atom stereocenters. The van der Waals surface area contributed by atoms with Crippen LogP contribution in [0.2, 0.25) is 0 Å². The molecule has 5 aliphatic rings. The van der Waals surface area contributed by atoms with Gasteiger partial charge < -0.3 is 15.8 Å². The molecule has 7 rings (SSSR count). The van der Waals surface area contributed by atoms with Crippen molar-refractivity contribution < 1.29 is 23.1 Å². The number of benzene rings is 2. The first-order valence-corrected chi connectivity index (χ1v) is 14.9. The molecule has 4 bridgehead atoms. The zero-order valence-electron chi connectivity index (χ0n) is 24.3. The average Bonchev–Trinajstić information content (AvgIpc) is 3.15. The van der Waals surface area contributed by atoms with Crippen LogP contribution in [0.4, 0.5) is 8.78 Å². The molecule has 222 valence electrons. The maximum Gasteiger partial charge on any atom is 0.278 e. The van der Waals surface area contributed by atoms with Crippen molar-refractivity contribution in [2.45, 2.75) is 94.9 Å². The number of hydrogen-bond donors (Lipinski definition) is 2. The lowest BCUT2D eigenvalue weighted by Crippen LogP contribution is -2.54. The number of nitrogens with two attached hydrogens (primary N) is 1. The molecular formula is C33H38F2N4O3. The molecule has 0 spiro atoms. The molecule has 0 saturated carbocycles. The van der Waals surface area contributed by atoms with Crippen molar-refractivity contribution in [2.24, 2.45) is 16.6 Å². The molecule has 0 fully saturated rings. The number of halogens is 2. The molecular weight excluding hydrogens is 538 g/mol. The number of nitrogens with zero attached hydrogens (tertiary/aromatic N) is 2. The van der Waals surface area contributed by atoms with Crippen LogP contribution in [0.1, 0.15) is 100 Å². The summed E-state index contributed by atoms with van der Waals surface area (Å²) >= 11 is 0. The summed E-state index contributed by atoms with van der Waals surface area (Å²) in [7, 11) is 0. The van der Waals surface area contributed by atoms with Crippen LogP contribution in [0.15, 0.2) is 53.5 Å². The summed E-state index contributed by atoms with van der Waals surface area (Å²) in [6.07, 6.45) is 6.30. The van der Waals surface area contributed by atoms with Crippen LogP contribution in [-0.4, -0.2) is 33.8 Å². The van der Waals surface area contributed by atoms with E-state index in [0.717, 1.165) is 11.1 Å². The maximum atomic E-state index is 16.1. The Hall–Kier alpha value is -3.75. The Bertz CT molecular complexity index is 1490. The third-order valence-electron chi connectivity index (χ3n) is 9.36. The van der Waals surface area contributed by atoms with Crippen molar-refractivity contribution in [3.8, 4) is 5.75 Å². The van der Waals surface area contributed by atoms with Gasteiger partial charge in [-0.05, 0) is 62.8 Å². The summed E-state index contributed by atoms with van der Waals surface area (Å²) < 4.78 is 38.4. The van der Waals surface area contributed by atoms with Crippen molar-refractivity contribution in [2.75, 3.05) is 0 Å². The van der Waals surface area contributed by atoms with E-state index in [1.807, 2.05) is 45.0 Å². The topological polar surface area (TPSA) is 97.0 Å². The number of ether oxygens (including phenoxy) is 1. The molecule has 4 aliphatic heterocycles. The molecule has 2 aromatic carbocycles. The van der Waals surface area contributed by atoms with E-state index in [-0.39, 0.29) is 48.6 Å². The first-order valence-electron chi connectivity index (χ1n) is 14.9. The Morgan fingerprint density at radius 1 is 1.14 bits per heavy atom. The van der Waals surface area contributed by atoms with E-state index in [2.05, 4.69) is 11.4 Å². The number of guanidine groups is 1. The van der Waals surface area contributed by atoms with E-state index in [1.165, 1.54) is 11.0 Å². The Morgan fingerprint density at radius 2 is 1.93 bits per heavy atom. The van der Waals surface area contributed by atoms with E-state index in [9.17, 15) is 9.59 Å². The SMILES string of the molecule is CC[C@@]12CC/C=C/c3ccc4c(c3)[C@H](CC(C)(C)O4)NC(=O)CCC3C(c4ccccc4C3(F)F)N(C(=O)C1)C(N)=N2. The second-order valence-electron chi connectivity index (χ2n) is 12.7. The van der Waals surface area contributed by atoms with Crippen LogP contribution in [0.5, 0.6) is 5.75 Å². The van der Waals surface area contributed by atoms with Gasteiger partial charge in [-0.1, -0.05) is 49.4 Å². The maximum absolute atomic E-state index is 16.1. The molecule has 7 nitrogen and oxygen atoms in total. The minimum Gasteiger partial charge on any atom is -0.487 e. The highest BCUT2D eigenvalue weighted by Crippen LogP contribution is 2.56. The lowest BCUT2D eigenvalue weighted by molar-refractivity contribution is -0.136. The van der Waals surface area contributed by atoms with Crippen LogP contribution in [-0.2, 0) is 15.5 Å². The number of amides is 2. The first-order chi connectivity index (χ1) is 19.9. The fourth-order valence-electron chi connectivity index (χ4n) is 7.22. The van der Waals surface area contributed by atoms with E-state index < -0.39 is 29.0 Å². The fourth-order valence-corrected chi connectivity index (χ4v) is 7.22. The third kappa shape index (κ3) is 4.86. The normalized spacial score (nSPS) is 30.6. The standard InChI is InChI=1S/C33H38F2N4O3/c1-4-32-16-8-7-9-20-12-14-26-22(17-20)25(18-31(2,3)42-26)37-27(40)15-13-24-29(39(28(41)19-32)30(36)38-32)21-10-5-6-11-23(21)33(24,34)35/h5-7,9-12,14,17,24-25,29H,4,8,13,15-16,18-19H2,1-3H3,(H2,36,38)(H,37,40)/b9-7+/t24?,25-,29?,32+/m0/s1. The Balaban J connectivity index is 1.43. The first kappa shape index (κ1) is 28.4. The highest BCUT2D eigenvalue weighted by atomic mass is 19.3. The number of aliphatic imine (C=N–C) groups is 1. The van der Waals surface area contributed by atoms with Gasteiger partial charge in [0.15, 0.2) is 5.96 Å². The Kier molecular flexibility index (Phi) is 6.90. The van der Waals surface area contributed by atoms with Gasteiger partial charge in [-0.15, -0.1) is 0 Å². The lowest BCUT2D eigenvalue weighted by atomic mass is 9.84. The quantitative estimate of drug-likeness (QED) is 0.426. The van der Waals surface area contributed by atoms with Gasteiger partial charge in [0, 0.05) is 24.0 Å². The summed E-state index contributed by atoms with van der Waals surface area (Å²) in [4.78, 5) is 33.2. The number of alkyl halides is 2. The number of nitrogens with one attached hydrogen (secondary N) is 1. The predicted molar refractivity (Wildman–Crippen MR) is 157 cm³/mol. The number of carbonyl (C=O) groups is 2. The molecule has 2 aromatic rings. The molecule has 4 heterocycles. The van der Waals surface area contributed by atoms with Gasteiger partial charge >= 0.3 is 0 Å². The molecule has 0 saturated heterocycles. The van der Waals surface area contributed by atoms with Crippen LogP contribution >= 0.6 is 0 Å². The second kappa shape index (κ2) is 10.2. The van der Waals surface area contributed by atoms with Gasteiger partial charge in [-0.2, -0.15) is 0 Å². The van der Waals surface area contributed by atoms with E-state index >= 15 is 8.78 Å². The molecule has 0 aromatic heterocycles. The van der Waals surface area contributed by atoms with Gasteiger partial charge in [-0.3, -0.25) is 14.5 Å². The zero-order valence-corrected chi connectivity index (χ0v) is 24.3. The van der Waals surface area contributed by atoms with Gasteiger partial charge in [0.25, 0.3) is 5.92 Å². The van der Waals surface area contributed by atoms with Gasteiger partial charge in [-0.25, -0.2) is 13.8 Å². The van der Waals surface area contributed by atoms with Crippen LogP contribution in [0.3, 0.4) is 0 Å². The minimum absolute atomic E-state index is 0.0326. The zero-order chi connectivity index (χ0) is 29.9. The fraction of sp³-hybridized carbons (Fsp3) is 0.485. The number of allylic oxidation sites excluding steroid dienone is 1. The van der Waals surface area contributed by atoms with Gasteiger partial charge in [0.1, 0.15) is 11.4 Å². The number of carbonyl (C=O) groups excluding carboxylic acids is 2. The van der Waals surface area contributed by atoms with Gasteiger partial charge in [0.05, 0.1) is 30.0 Å². The molecule has 2 amide bonds. The minimum atomic E-state index is -3.25. The van der Waals surface area contributed by atoms with Crippen molar-refractivity contribution in [1.29, 1.82) is 0 Å². The Morgan fingerprint density at radius 3 is 2.69 bits per heavy atom. The smallest absolute Gasteiger partial charge is 0.278 e. The van der Waals surface area contributed by atoms with E-state index in [1.54, 1.807) is 18.2 Å². The summed E-state index contributed by atoms with van der Waals surface area (Å²) in [6, 6.07) is 10.9. The van der Waals surface area contributed by atoms with Crippen LogP contribution < -0.4 is 15.8 Å². The van der Waals surface area contributed by atoms with Crippen molar-refractivity contribution >= 4 is 23.8 Å². The van der Waals surface area contributed by atoms with Crippen LogP contribution in [0.25, 0.3) is 6.08 Å². The van der Waals surface area contributed by atoms with E-state index in [4.69, 9.17) is 15.5 Å². The van der Waals surface area contributed by atoms with Crippen molar-refractivity contribution in [1.82, 2.24) is 10.2 Å². The highest BCUT2D eigenvalue weighted by Gasteiger charge is 2.58. The van der Waals surface area contributed by atoms with Crippen molar-refractivity contribution in [3.05, 3.63) is 70.8 Å². The molecule has 0 radical (unpaired) electrons. The van der Waals surface area contributed by atoms with Crippen molar-refractivity contribution in [3.63, 3.8) is 0 Å².